The first-order valence-electron chi connectivity index (χ1n) is 7.29. The molecule has 1 aromatic carbocycles. The van der Waals surface area contributed by atoms with Crippen LogP contribution < -0.4 is 11.3 Å². The smallest absolute Gasteiger partial charge is 0.128 e. The van der Waals surface area contributed by atoms with Gasteiger partial charge < -0.3 is 0 Å². The van der Waals surface area contributed by atoms with Crippen LogP contribution in [0.5, 0.6) is 0 Å². The van der Waals surface area contributed by atoms with E-state index in [1.54, 1.807) is 6.07 Å². The maximum absolute atomic E-state index is 14.4. The van der Waals surface area contributed by atoms with E-state index < -0.39 is 0 Å². The van der Waals surface area contributed by atoms with Crippen LogP contribution in [0.3, 0.4) is 0 Å². The molecule has 3 aliphatic rings. The first-order chi connectivity index (χ1) is 9.60. The number of benzene rings is 1. The maximum Gasteiger partial charge on any atom is 0.128 e. The monoisotopic (exact) mass is 278 g/mol. The van der Waals surface area contributed by atoms with Gasteiger partial charge in [0.15, 0.2) is 0 Å². The van der Waals surface area contributed by atoms with Gasteiger partial charge in [-0.1, -0.05) is 6.07 Å². The van der Waals surface area contributed by atoms with Crippen LogP contribution in [0.4, 0.5) is 4.39 Å². The summed E-state index contributed by atoms with van der Waals surface area (Å²) in [6.45, 7) is 9.17. The highest BCUT2D eigenvalue weighted by Gasteiger charge is 2.38. The highest BCUT2D eigenvalue weighted by Crippen LogP contribution is 2.30. The minimum absolute atomic E-state index is 0.150. The van der Waals surface area contributed by atoms with Gasteiger partial charge in [0, 0.05) is 44.3 Å². The van der Waals surface area contributed by atoms with Crippen LogP contribution in [0.25, 0.3) is 0 Å². The Kier molecular flexibility index (Phi) is 3.77. The molecule has 3 aliphatic heterocycles. The summed E-state index contributed by atoms with van der Waals surface area (Å²) >= 11 is 0. The highest BCUT2D eigenvalue weighted by atomic mass is 19.1. The number of nitrogens with zero attached hydrogens (tertiary/aromatic N) is 2. The average molecular weight is 278 g/mol. The molecule has 0 saturated carbocycles. The lowest BCUT2D eigenvalue weighted by molar-refractivity contribution is -0.00429. The summed E-state index contributed by atoms with van der Waals surface area (Å²) in [4.78, 5) is 4.87. The number of hydrazine groups is 1. The molecule has 3 N–H and O–H groups in total. The number of hydrogen-bond donors (Lipinski definition) is 2. The Morgan fingerprint density at radius 2 is 1.95 bits per heavy atom. The van der Waals surface area contributed by atoms with Gasteiger partial charge in [-0.05, 0) is 31.0 Å². The van der Waals surface area contributed by atoms with E-state index in [0.29, 0.717) is 0 Å². The van der Waals surface area contributed by atoms with Crippen molar-refractivity contribution in [1.29, 1.82) is 0 Å². The zero-order valence-electron chi connectivity index (χ0n) is 12.2. The SMILES string of the molecule is Cc1cc(C)c(C(NN)C2CN3CCN2CC3)c(F)c1. The van der Waals surface area contributed by atoms with Crippen molar-refractivity contribution in [3.63, 3.8) is 0 Å². The predicted octanol–water partition coefficient (Wildman–Crippen LogP) is 0.947. The second-order valence-corrected chi connectivity index (χ2v) is 6.03. The van der Waals surface area contributed by atoms with Crippen LogP contribution in [-0.4, -0.2) is 48.6 Å². The Balaban J connectivity index is 1.94. The molecular formula is C15H23FN4. The van der Waals surface area contributed by atoms with Gasteiger partial charge in [-0.2, -0.15) is 0 Å². The maximum atomic E-state index is 14.4. The number of aryl methyl sites for hydroxylation is 2. The summed E-state index contributed by atoms with van der Waals surface area (Å²) in [5.41, 5.74) is 5.51. The van der Waals surface area contributed by atoms with E-state index in [9.17, 15) is 4.39 Å². The minimum atomic E-state index is -0.154. The topological polar surface area (TPSA) is 44.5 Å². The van der Waals surface area contributed by atoms with Gasteiger partial charge >= 0.3 is 0 Å². The fourth-order valence-corrected chi connectivity index (χ4v) is 3.68. The number of nitrogens with two attached hydrogens (primary N) is 1. The summed E-state index contributed by atoms with van der Waals surface area (Å²) in [7, 11) is 0. The Bertz CT molecular complexity index is 474. The fraction of sp³-hybridized carbons (Fsp3) is 0.600. The predicted molar refractivity (Wildman–Crippen MR) is 77.7 cm³/mol. The highest BCUT2D eigenvalue weighted by molar-refractivity contribution is 5.35. The van der Waals surface area contributed by atoms with Crippen molar-refractivity contribution in [3.8, 4) is 0 Å². The van der Waals surface area contributed by atoms with Crippen molar-refractivity contribution in [1.82, 2.24) is 15.2 Å². The summed E-state index contributed by atoms with van der Waals surface area (Å²) in [6, 6.07) is 3.72. The van der Waals surface area contributed by atoms with Crippen molar-refractivity contribution in [2.45, 2.75) is 25.9 Å². The normalized spacial score (nSPS) is 30.5. The summed E-state index contributed by atoms with van der Waals surface area (Å²) < 4.78 is 14.4. The van der Waals surface area contributed by atoms with E-state index in [1.165, 1.54) is 0 Å². The average Bonchev–Trinajstić information content (AvgIpc) is 2.43. The Labute approximate surface area is 119 Å². The Morgan fingerprint density at radius 1 is 1.25 bits per heavy atom. The molecular weight excluding hydrogens is 255 g/mol. The summed E-state index contributed by atoms with van der Waals surface area (Å²) in [5, 5.41) is 0. The third-order valence-corrected chi connectivity index (χ3v) is 4.68. The van der Waals surface area contributed by atoms with Crippen molar-refractivity contribution < 1.29 is 4.39 Å². The quantitative estimate of drug-likeness (QED) is 0.638. The van der Waals surface area contributed by atoms with Gasteiger partial charge in [-0.25, -0.2) is 4.39 Å². The van der Waals surface area contributed by atoms with E-state index in [1.807, 2.05) is 19.9 Å². The van der Waals surface area contributed by atoms with Crippen LogP contribution in [0.2, 0.25) is 0 Å². The summed E-state index contributed by atoms with van der Waals surface area (Å²) in [5.74, 6) is 5.63. The van der Waals surface area contributed by atoms with E-state index in [-0.39, 0.29) is 17.9 Å². The van der Waals surface area contributed by atoms with Crippen molar-refractivity contribution in [2.24, 2.45) is 5.84 Å². The lowest BCUT2D eigenvalue weighted by Gasteiger charge is -2.50. The van der Waals surface area contributed by atoms with Crippen LogP contribution >= 0.6 is 0 Å². The molecule has 2 atom stereocenters. The zero-order chi connectivity index (χ0) is 14.3. The molecule has 2 unspecified atom stereocenters. The lowest BCUT2D eigenvalue weighted by atomic mass is 9.90. The molecule has 4 nitrogen and oxygen atoms in total. The lowest BCUT2D eigenvalue weighted by Crippen LogP contribution is -2.64. The van der Waals surface area contributed by atoms with Crippen molar-refractivity contribution in [3.05, 3.63) is 34.6 Å². The molecule has 110 valence electrons. The van der Waals surface area contributed by atoms with Crippen LogP contribution in [0, 0.1) is 19.7 Å². The van der Waals surface area contributed by atoms with E-state index in [4.69, 9.17) is 5.84 Å². The minimum Gasteiger partial charge on any atom is -0.299 e. The first kappa shape index (κ1) is 13.9. The molecule has 3 heterocycles. The van der Waals surface area contributed by atoms with Crippen molar-refractivity contribution >= 4 is 0 Å². The zero-order valence-corrected chi connectivity index (χ0v) is 12.2. The fourth-order valence-electron chi connectivity index (χ4n) is 3.68. The first-order valence-corrected chi connectivity index (χ1v) is 7.29. The number of halogens is 1. The molecule has 0 amide bonds. The molecule has 20 heavy (non-hydrogen) atoms. The second-order valence-electron chi connectivity index (χ2n) is 6.03. The molecule has 3 saturated heterocycles. The van der Waals surface area contributed by atoms with Gasteiger partial charge in [0.25, 0.3) is 0 Å². The molecule has 0 radical (unpaired) electrons. The van der Waals surface area contributed by atoms with Crippen LogP contribution in [0.1, 0.15) is 22.7 Å². The van der Waals surface area contributed by atoms with Gasteiger partial charge in [-0.15, -0.1) is 0 Å². The van der Waals surface area contributed by atoms with Gasteiger partial charge in [0.05, 0.1) is 6.04 Å². The Morgan fingerprint density at radius 3 is 2.45 bits per heavy atom. The van der Waals surface area contributed by atoms with Gasteiger partial charge in [0.1, 0.15) is 5.82 Å². The van der Waals surface area contributed by atoms with Gasteiger partial charge in [-0.3, -0.25) is 21.1 Å². The molecule has 3 fully saturated rings. The van der Waals surface area contributed by atoms with Crippen LogP contribution in [0.15, 0.2) is 12.1 Å². The number of piperazine rings is 3. The molecule has 0 spiro atoms. The molecule has 4 rings (SSSR count). The van der Waals surface area contributed by atoms with Gasteiger partial charge in [0.2, 0.25) is 0 Å². The third kappa shape index (κ3) is 2.35. The Hall–Kier alpha value is -1.01. The van der Waals surface area contributed by atoms with E-state index >= 15 is 0 Å². The largest absolute Gasteiger partial charge is 0.299 e. The van der Waals surface area contributed by atoms with Crippen LogP contribution in [-0.2, 0) is 0 Å². The molecule has 5 heteroatoms. The second kappa shape index (κ2) is 5.41. The third-order valence-electron chi connectivity index (χ3n) is 4.68. The van der Waals surface area contributed by atoms with E-state index in [2.05, 4.69) is 15.2 Å². The molecule has 2 bridgehead atoms. The number of rotatable bonds is 3. The standard InChI is InChI=1S/C15H23FN4/c1-10-7-11(2)14(12(16)8-10)15(18-17)13-9-19-3-5-20(13)6-4-19/h7-8,13,15,18H,3-6,9,17H2,1-2H3. The number of fused-ring (bicyclic) bond motifs is 3. The number of nitrogens with one attached hydrogen (secondary N) is 1. The van der Waals surface area contributed by atoms with Crippen molar-refractivity contribution in [2.75, 3.05) is 32.7 Å². The molecule has 0 aliphatic carbocycles. The molecule has 1 aromatic rings. The number of hydrogen-bond acceptors (Lipinski definition) is 4. The summed E-state index contributed by atoms with van der Waals surface area (Å²) in [6.07, 6.45) is 0. The molecule has 0 aromatic heterocycles. The van der Waals surface area contributed by atoms with E-state index in [0.717, 1.165) is 49.4 Å².